The summed E-state index contributed by atoms with van der Waals surface area (Å²) in [7, 11) is 0. The van der Waals surface area contributed by atoms with Crippen molar-refractivity contribution in [2.45, 2.75) is 6.92 Å². The van der Waals surface area contributed by atoms with Crippen LogP contribution in [0.2, 0.25) is 0 Å². The van der Waals surface area contributed by atoms with Gasteiger partial charge in [0.25, 0.3) is 5.91 Å². The molecule has 0 atom stereocenters. The first-order chi connectivity index (χ1) is 7.66. The summed E-state index contributed by atoms with van der Waals surface area (Å²) in [4.78, 5) is 15.6. The Kier molecular flexibility index (Phi) is 2.78. The van der Waals surface area contributed by atoms with Crippen LogP contribution in [0.15, 0.2) is 18.5 Å². The van der Waals surface area contributed by atoms with Gasteiger partial charge in [0.1, 0.15) is 5.01 Å². The Hall–Kier alpha value is -2.02. The van der Waals surface area contributed by atoms with Gasteiger partial charge in [0.2, 0.25) is 5.13 Å². The predicted molar refractivity (Wildman–Crippen MR) is 61.2 cm³/mol. The molecule has 2 aromatic heterocycles. The highest BCUT2D eigenvalue weighted by Crippen LogP contribution is 2.16. The zero-order chi connectivity index (χ0) is 11.5. The lowest BCUT2D eigenvalue weighted by atomic mass is 10.2. The minimum Gasteiger partial charge on any atom is -0.398 e. The number of rotatable bonds is 2. The van der Waals surface area contributed by atoms with Crippen LogP contribution >= 0.6 is 11.3 Å². The standard InChI is InChI=1S/C9H9N5OS/c1-5-13-14-9(16-5)12-8(15)6-4-11-3-2-7(6)10/h2-4H,1H3,(H2,10,11)(H,12,14,15). The van der Waals surface area contributed by atoms with Crippen LogP contribution in [0, 0.1) is 6.92 Å². The minimum atomic E-state index is -0.332. The first-order valence-corrected chi connectivity index (χ1v) is 5.29. The molecule has 0 unspecified atom stereocenters. The Morgan fingerprint density at radius 1 is 1.50 bits per heavy atom. The number of hydrogen-bond acceptors (Lipinski definition) is 6. The van der Waals surface area contributed by atoms with Crippen LogP contribution in [0.5, 0.6) is 0 Å². The lowest BCUT2D eigenvalue weighted by Gasteiger charge is -2.02. The molecule has 0 aliphatic heterocycles. The van der Waals surface area contributed by atoms with Gasteiger partial charge in [0, 0.05) is 18.1 Å². The topological polar surface area (TPSA) is 93.8 Å². The molecule has 0 aromatic carbocycles. The highest BCUT2D eigenvalue weighted by molar-refractivity contribution is 7.15. The summed E-state index contributed by atoms with van der Waals surface area (Å²) in [6, 6.07) is 1.57. The van der Waals surface area contributed by atoms with Crippen molar-refractivity contribution in [2.24, 2.45) is 0 Å². The van der Waals surface area contributed by atoms with Gasteiger partial charge < -0.3 is 5.73 Å². The molecule has 7 heteroatoms. The second-order valence-electron chi connectivity index (χ2n) is 3.04. The fourth-order valence-electron chi connectivity index (χ4n) is 1.11. The fourth-order valence-corrected chi connectivity index (χ4v) is 1.69. The number of nitrogen functional groups attached to an aromatic ring is 1. The molecule has 0 bridgehead atoms. The number of nitrogens with two attached hydrogens (primary N) is 1. The van der Waals surface area contributed by atoms with Crippen LogP contribution in [0.25, 0.3) is 0 Å². The monoisotopic (exact) mass is 235 g/mol. The van der Waals surface area contributed by atoms with Crippen molar-refractivity contribution in [2.75, 3.05) is 11.1 Å². The first-order valence-electron chi connectivity index (χ1n) is 4.48. The third kappa shape index (κ3) is 2.14. The van der Waals surface area contributed by atoms with E-state index in [4.69, 9.17) is 5.73 Å². The molecule has 2 aromatic rings. The molecule has 16 heavy (non-hydrogen) atoms. The van der Waals surface area contributed by atoms with Crippen LogP contribution in [0.4, 0.5) is 10.8 Å². The molecule has 0 spiro atoms. The van der Waals surface area contributed by atoms with E-state index in [2.05, 4.69) is 20.5 Å². The normalized spacial score (nSPS) is 10.1. The molecular formula is C9H9N5OS. The van der Waals surface area contributed by atoms with E-state index < -0.39 is 0 Å². The summed E-state index contributed by atoms with van der Waals surface area (Å²) in [5.41, 5.74) is 6.36. The average Bonchev–Trinajstić information content (AvgIpc) is 2.64. The number of carbonyl (C=O) groups is 1. The number of carbonyl (C=O) groups excluding carboxylic acids is 1. The fraction of sp³-hybridized carbons (Fsp3) is 0.111. The Morgan fingerprint density at radius 2 is 2.31 bits per heavy atom. The Labute approximate surface area is 95.5 Å². The number of nitrogens with zero attached hydrogens (tertiary/aromatic N) is 3. The molecule has 82 valence electrons. The van der Waals surface area contributed by atoms with E-state index in [0.29, 0.717) is 16.4 Å². The molecule has 1 amide bonds. The second kappa shape index (κ2) is 4.23. The third-order valence-electron chi connectivity index (χ3n) is 1.85. The van der Waals surface area contributed by atoms with Gasteiger partial charge in [-0.05, 0) is 13.0 Å². The highest BCUT2D eigenvalue weighted by Gasteiger charge is 2.11. The van der Waals surface area contributed by atoms with Gasteiger partial charge in [-0.2, -0.15) is 0 Å². The molecule has 0 saturated heterocycles. The van der Waals surface area contributed by atoms with Crippen molar-refractivity contribution < 1.29 is 4.79 Å². The van der Waals surface area contributed by atoms with Gasteiger partial charge in [-0.25, -0.2) is 0 Å². The van der Waals surface area contributed by atoms with E-state index in [-0.39, 0.29) is 5.91 Å². The molecule has 0 radical (unpaired) electrons. The van der Waals surface area contributed by atoms with Crippen molar-refractivity contribution in [3.05, 3.63) is 29.0 Å². The van der Waals surface area contributed by atoms with Crippen LogP contribution in [0.3, 0.4) is 0 Å². The maximum Gasteiger partial charge on any atom is 0.261 e. The Balaban J connectivity index is 2.18. The van der Waals surface area contributed by atoms with Gasteiger partial charge in [-0.3, -0.25) is 15.1 Å². The van der Waals surface area contributed by atoms with Gasteiger partial charge in [0.15, 0.2) is 0 Å². The summed E-state index contributed by atoms with van der Waals surface area (Å²) >= 11 is 1.30. The molecular weight excluding hydrogens is 226 g/mol. The second-order valence-corrected chi connectivity index (χ2v) is 4.22. The number of aromatic nitrogens is 3. The minimum absolute atomic E-state index is 0.329. The summed E-state index contributed by atoms with van der Waals surface area (Å²) in [6.07, 6.45) is 2.94. The molecule has 6 nitrogen and oxygen atoms in total. The van der Waals surface area contributed by atoms with Crippen LogP contribution in [0.1, 0.15) is 15.4 Å². The quantitative estimate of drug-likeness (QED) is 0.812. The zero-order valence-corrected chi connectivity index (χ0v) is 9.28. The third-order valence-corrected chi connectivity index (χ3v) is 2.60. The number of pyridine rings is 1. The summed E-state index contributed by atoms with van der Waals surface area (Å²) in [6.45, 7) is 1.81. The van der Waals surface area contributed by atoms with Crippen LogP contribution in [-0.2, 0) is 0 Å². The van der Waals surface area contributed by atoms with E-state index in [9.17, 15) is 4.79 Å². The number of hydrogen-bond donors (Lipinski definition) is 2. The summed E-state index contributed by atoms with van der Waals surface area (Å²) in [5, 5.41) is 11.4. The Morgan fingerprint density at radius 3 is 2.94 bits per heavy atom. The highest BCUT2D eigenvalue weighted by atomic mass is 32.1. The molecule has 0 aliphatic rings. The van der Waals surface area contributed by atoms with E-state index >= 15 is 0 Å². The van der Waals surface area contributed by atoms with E-state index in [1.807, 2.05) is 6.92 Å². The van der Waals surface area contributed by atoms with Crippen LogP contribution in [-0.4, -0.2) is 21.1 Å². The molecule has 0 fully saturated rings. The molecule has 2 rings (SSSR count). The lowest BCUT2D eigenvalue weighted by Crippen LogP contribution is -2.14. The maximum atomic E-state index is 11.8. The van der Waals surface area contributed by atoms with Crippen molar-refractivity contribution in [3.8, 4) is 0 Å². The number of amides is 1. The molecule has 0 saturated carbocycles. The Bertz CT molecular complexity index is 524. The van der Waals surface area contributed by atoms with Gasteiger partial charge >= 0.3 is 0 Å². The SMILES string of the molecule is Cc1nnc(NC(=O)c2cnccc2N)s1. The maximum absolute atomic E-state index is 11.8. The first kappa shape index (κ1) is 10.5. The van der Waals surface area contributed by atoms with Crippen molar-refractivity contribution in [1.82, 2.24) is 15.2 Å². The predicted octanol–water partition coefficient (Wildman–Crippen LogP) is 1.08. The summed E-state index contributed by atoms with van der Waals surface area (Å²) < 4.78 is 0. The molecule has 2 heterocycles. The lowest BCUT2D eigenvalue weighted by molar-refractivity contribution is 0.102. The van der Waals surface area contributed by atoms with Crippen molar-refractivity contribution >= 4 is 28.1 Å². The van der Waals surface area contributed by atoms with E-state index in [0.717, 1.165) is 5.01 Å². The van der Waals surface area contributed by atoms with Gasteiger partial charge in [0.05, 0.1) is 5.56 Å². The number of nitrogens with one attached hydrogen (secondary N) is 1. The molecule has 0 aliphatic carbocycles. The zero-order valence-electron chi connectivity index (χ0n) is 8.47. The average molecular weight is 235 g/mol. The van der Waals surface area contributed by atoms with E-state index in [1.165, 1.54) is 23.7 Å². The summed E-state index contributed by atoms with van der Waals surface area (Å²) in [5.74, 6) is -0.332. The van der Waals surface area contributed by atoms with Crippen LogP contribution < -0.4 is 11.1 Å². The van der Waals surface area contributed by atoms with Crippen molar-refractivity contribution in [3.63, 3.8) is 0 Å². The molecule has 3 N–H and O–H groups in total. The number of aryl methyl sites for hydroxylation is 1. The largest absolute Gasteiger partial charge is 0.398 e. The van der Waals surface area contributed by atoms with Gasteiger partial charge in [-0.15, -0.1) is 10.2 Å². The number of anilines is 2. The smallest absolute Gasteiger partial charge is 0.261 e. The van der Waals surface area contributed by atoms with Gasteiger partial charge in [-0.1, -0.05) is 11.3 Å². The van der Waals surface area contributed by atoms with Crippen molar-refractivity contribution in [1.29, 1.82) is 0 Å². The van der Waals surface area contributed by atoms with E-state index in [1.54, 1.807) is 6.07 Å².